The lowest BCUT2D eigenvalue weighted by molar-refractivity contribution is 0.776. The predicted molar refractivity (Wildman–Crippen MR) is 65.5 cm³/mol. The molecule has 1 aromatic carbocycles. The lowest BCUT2D eigenvalue weighted by atomic mass is 10.1. The Morgan fingerprint density at radius 3 is 2.44 bits per heavy atom. The maximum atomic E-state index is 11.7. The van der Waals surface area contributed by atoms with E-state index in [2.05, 4.69) is 18.8 Å². The van der Waals surface area contributed by atoms with Crippen LogP contribution in [0.3, 0.4) is 0 Å². The molecule has 2 rings (SSSR count). The summed E-state index contributed by atoms with van der Waals surface area (Å²) in [5.41, 5.74) is 1.68. The summed E-state index contributed by atoms with van der Waals surface area (Å²) in [5.74, 6) is 0.287. The van der Waals surface area contributed by atoms with Crippen molar-refractivity contribution >= 4 is 11.6 Å². The Morgan fingerprint density at radius 2 is 1.88 bits per heavy atom. The molecule has 1 N–H and O–H groups in total. The number of nitrogens with one attached hydrogen (secondary N) is 1. The Kier molecular flexibility index (Phi) is 2.88. The van der Waals surface area contributed by atoms with Crippen molar-refractivity contribution in [1.29, 1.82) is 0 Å². The third kappa shape index (κ3) is 1.91. The van der Waals surface area contributed by atoms with Crippen molar-refractivity contribution in [2.75, 3.05) is 0 Å². The van der Waals surface area contributed by atoms with E-state index in [9.17, 15) is 4.79 Å². The van der Waals surface area contributed by atoms with Gasteiger partial charge >= 0.3 is 5.69 Å². The summed E-state index contributed by atoms with van der Waals surface area (Å²) in [6, 6.07) is 7.23. The molecule has 0 aliphatic heterocycles. The van der Waals surface area contributed by atoms with Crippen LogP contribution >= 0.6 is 11.6 Å². The fourth-order valence-corrected chi connectivity index (χ4v) is 1.79. The molecule has 1 aromatic heterocycles. The van der Waals surface area contributed by atoms with Gasteiger partial charge in [-0.3, -0.25) is 4.57 Å². The Balaban J connectivity index is 2.59. The Hall–Kier alpha value is -1.48. The number of H-pyrrole nitrogens is 1. The first kappa shape index (κ1) is 11.0. The highest BCUT2D eigenvalue weighted by molar-refractivity contribution is 6.30. The minimum Gasteiger partial charge on any atom is -0.312 e. The van der Waals surface area contributed by atoms with Gasteiger partial charge in [0.25, 0.3) is 0 Å². The molecule has 0 saturated carbocycles. The van der Waals surface area contributed by atoms with Crippen LogP contribution in [-0.2, 0) is 0 Å². The number of hydrogen-bond acceptors (Lipinski definition) is 1. The molecule has 0 aliphatic rings. The average Bonchev–Trinajstić information content (AvgIpc) is 2.62. The molecule has 0 radical (unpaired) electrons. The van der Waals surface area contributed by atoms with Crippen molar-refractivity contribution in [3.8, 4) is 5.69 Å². The molecule has 0 aliphatic carbocycles. The van der Waals surface area contributed by atoms with E-state index in [-0.39, 0.29) is 11.6 Å². The van der Waals surface area contributed by atoms with Crippen molar-refractivity contribution in [3.63, 3.8) is 0 Å². The van der Waals surface area contributed by atoms with Crippen LogP contribution in [0, 0.1) is 0 Å². The molecule has 1 heterocycles. The molecule has 3 nitrogen and oxygen atoms in total. The maximum absolute atomic E-state index is 11.7. The van der Waals surface area contributed by atoms with Crippen LogP contribution in [-0.4, -0.2) is 9.55 Å². The molecular weight excluding hydrogens is 224 g/mol. The topological polar surface area (TPSA) is 37.8 Å². The summed E-state index contributed by atoms with van der Waals surface area (Å²) in [4.78, 5) is 14.4. The SMILES string of the molecule is CC(C)c1c[nH]c(=O)n1-c1ccc(Cl)cc1. The smallest absolute Gasteiger partial charge is 0.312 e. The number of nitrogens with zero attached hydrogens (tertiary/aromatic N) is 1. The summed E-state index contributed by atoms with van der Waals surface area (Å²) in [7, 11) is 0. The monoisotopic (exact) mass is 236 g/mol. The first-order valence-corrected chi connectivity index (χ1v) is 5.53. The predicted octanol–water partition coefficient (Wildman–Crippen LogP) is 2.94. The second-order valence-electron chi connectivity index (χ2n) is 3.99. The fraction of sp³-hybridized carbons (Fsp3) is 0.250. The van der Waals surface area contributed by atoms with E-state index >= 15 is 0 Å². The Bertz CT molecular complexity index is 537. The van der Waals surface area contributed by atoms with Gasteiger partial charge in [0, 0.05) is 16.9 Å². The van der Waals surface area contributed by atoms with Gasteiger partial charge in [-0.25, -0.2) is 4.79 Å². The number of imidazole rings is 1. The van der Waals surface area contributed by atoms with Gasteiger partial charge in [-0.2, -0.15) is 0 Å². The first-order chi connectivity index (χ1) is 7.59. The van der Waals surface area contributed by atoms with Gasteiger partial charge in [-0.05, 0) is 30.2 Å². The zero-order chi connectivity index (χ0) is 11.7. The highest BCUT2D eigenvalue weighted by Crippen LogP contribution is 2.18. The molecule has 0 amide bonds. The van der Waals surface area contributed by atoms with Crippen LogP contribution in [0.4, 0.5) is 0 Å². The highest BCUT2D eigenvalue weighted by Gasteiger charge is 2.10. The van der Waals surface area contributed by atoms with Gasteiger partial charge < -0.3 is 4.98 Å². The van der Waals surface area contributed by atoms with E-state index < -0.39 is 0 Å². The largest absolute Gasteiger partial charge is 0.330 e. The van der Waals surface area contributed by atoms with Crippen LogP contribution in [0.1, 0.15) is 25.5 Å². The summed E-state index contributed by atoms with van der Waals surface area (Å²) in [6.45, 7) is 4.10. The molecule has 0 bridgehead atoms. The van der Waals surface area contributed by atoms with Crippen LogP contribution in [0.5, 0.6) is 0 Å². The quantitative estimate of drug-likeness (QED) is 0.855. The third-order valence-electron chi connectivity index (χ3n) is 2.48. The second kappa shape index (κ2) is 4.18. The molecule has 16 heavy (non-hydrogen) atoms. The van der Waals surface area contributed by atoms with Crippen molar-refractivity contribution in [2.24, 2.45) is 0 Å². The van der Waals surface area contributed by atoms with Gasteiger partial charge in [0.05, 0.1) is 5.69 Å². The van der Waals surface area contributed by atoms with Crippen molar-refractivity contribution in [3.05, 3.63) is 51.7 Å². The van der Waals surface area contributed by atoms with E-state index in [1.54, 1.807) is 22.9 Å². The van der Waals surface area contributed by atoms with Crippen molar-refractivity contribution in [2.45, 2.75) is 19.8 Å². The summed E-state index contributed by atoms with van der Waals surface area (Å²) >= 11 is 5.82. The number of halogens is 1. The van der Waals surface area contributed by atoms with E-state index in [4.69, 9.17) is 11.6 Å². The van der Waals surface area contributed by atoms with E-state index in [1.165, 1.54) is 0 Å². The van der Waals surface area contributed by atoms with E-state index in [0.29, 0.717) is 5.02 Å². The van der Waals surface area contributed by atoms with Gasteiger partial charge in [-0.1, -0.05) is 25.4 Å². The molecule has 0 spiro atoms. The van der Waals surface area contributed by atoms with Crippen LogP contribution in [0.25, 0.3) is 5.69 Å². The number of aromatic nitrogens is 2. The normalized spacial score (nSPS) is 11.0. The zero-order valence-corrected chi connectivity index (χ0v) is 9.95. The number of benzene rings is 1. The fourth-order valence-electron chi connectivity index (χ4n) is 1.66. The van der Waals surface area contributed by atoms with Gasteiger partial charge in [-0.15, -0.1) is 0 Å². The van der Waals surface area contributed by atoms with Gasteiger partial charge in [0.2, 0.25) is 0 Å². The molecule has 2 aromatic rings. The molecule has 0 unspecified atom stereocenters. The number of aromatic amines is 1. The van der Waals surface area contributed by atoms with Gasteiger partial charge in [0.1, 0.15) is 0 Å². The molecular formula is C12H13ClN2O. The molecule has 4 heteroatoms. The minimum atomic E-state index is -0.119. The maximum Gasteiger partial charge on any atom is 0.330 e. The van der Waals surface area contributed by atoms with E-state index in [1.807, 2.05) is 12.1 Å². The number of rotatable bonds is 2. The summed E-state index contributed by atoms with van der Waals surface area (Å²) < 4.78 is 1.67. The lowest BCUT2D eigenvalue weighted by Crippen LogP contribution is -2.17. The molecule has 0 saturated heterocycles. The lowest BCUT2D eigenvalue weighted by Gasteiger charge is -2.09. The summed E-state index contributed by atoms with van der Waals surface area (Å²) in [6.07, 6.45) is 1.75. The Labute approximate surface area is 98.7 Å². The Morgan fingerprint density at radius 1 is 1.25 bits per heavy atom. The van der Waals surface area contributed by atoms with Crippen LogP contribution in [0.2, 0.25) is 5.02 Å². The second-order valence-corrected chi connectivity index (χ2v) is 4.42. The third-order valence-corrected chi connectivity index (χ3v) is 2.73. The minimum absolute atomic E-state index is 0.119. The van der Waals surface area contributed by atoms with Gasteiger partial charge in [0.15, 0.2) is 0 Å². The average molecular weight is 237 g/mol. The van der Waals surface area contributed by atoms with Crippen molar-refractivity contribution < 1.29 is 0 Å². The van der Waals surface area contributed by atoms with E-state index in [0.717, 1.165) is 11.4 Å². The summed E-state index contributed by atoms with van der Waals surface area (Å²) in [5, 5.41) is 0.665. The van der Waals surface area contributed by atoms with Crippen molar-refractivity contribution in [1.82, 2.24) is 9.55 Å². The van der Waals surface area contributed by atoms with Crippen LogP contribution in [0.15, 0.2) is 35.3 Å². The molecule has 0 atom stereocenters. The number of hydrogen-bond donors (Lipinski definition) is 1. The zero-order valence-electron chi connectivity index (χ0n) is 9.20. The van der Waals surface area contributed by atoms with Crippen LogP contribution < -0.4 is 5.69 Å². The standard InChI is InChI=1S/C12H13ClN2O/c1-8(2)11-7-14-12(16)15(11)10-5-3-9(13)4-6-10/h3-8H,1-2H3,(H,14,16). The molecule has 0 fully saturated rings. The highest BCUT2D eigenvalue weighted by atomic mass is 35.5. The first-order valence-electron chi connectivity index (χ1n) is 5.16. The molecule has 84 valence electrons.